The summed E-state index contributed by atoms with van der Waals surface area (Å²) in [6, 6.07) is 0.721. The molecule has 5 nitrogen and oxygen atoms in total. The van der Waals surface area contributed by atoms with E-state index in [4.69, 9.17) is 0 Å². The molecule has 0 unspecified atom stereocenters. The summed E-state index contributed by atoms with van der Waals surface area (Å²) in [4.78, 5) is 14.9. The lowest BCUT2D eigenvalue weighted by molar-refractivity contribution is -0.140. The molecule has 0 radical (unpaired) electrons. The normalized spacial score (nSPS) is 10.1. The van der Waals surface area contributed by atoms with Gasteiger partial charge in [0, 0.05) is 12.6 Å². The molecule has 0 atom stereocenters. The van der Waals surface area contributed by atoms with E-state index >= 15 is 0 Å². The molecule has 2 N–H and O–H groups in total. The second-order valence-electron chi connectivity index (χ2n) is 3.73. The Morgan fingerprint density at radius 3 is 2.47 bits per heavy atom. The van der Waals surface area contributed by atoms with Gasteiger partial charge in [-0.2, -0.15) is 0 Å². The van der Waals surface area contributed by atoms with Gasteiger partial charge in [0.05, 0.1) is 6.61 Å². The number of pyridine rings is 1. The summed E-state index contributed by atoms with van der Waals surface area (Å²) in [5.41, 5.74) is 0. The van der Waals surface area contributed by atoms with E-state index in [1.54, 1.807) is 6.92 Å². The van der Waals surface area contributed by atoms with Crippen LogP contribution in [0.4, 0.5) is 20.4 Å². The number of anilines is 2. The lowest BCUT2D eigenvalue weighted by Gasteiger charge is -2.10. The van der Waals surface area contributed by atoms with Gasteiger partial charge < -0.3 is 15.4 Å². The number of hydrogen-bond acceptors (Lipinski definition) is 5. The lowest BCUT2D eigenvalue weighted by Crippen LogP contribution is -2.18. The fourth-order valence-corrected chi connectivity index (χ4v) is 1.33. The van der Waals surface area contributed by atoms with Crippen molar-refractivity contribution in [3.8, 4) is 0 Å². The smallest absolute Gasteiger partial charge is 0.325 e. The lowest BCUT2D eigenvalue weighted by atomic mass is 10.3. The van der Waals surface area contributed by atoms with Crippen LogP contribution in [0.25, 0.3) is 0 Å². The molecule has 0 aliphatic carbocycles. The first-order chi connectivity index (χ1) is 9.08. The SMILES string of the molecule is CCCNc1nc(NCC(=O)OCC)c(F)cc1F. The third-order valence-electron chi connectivity index (χ3n) is 2.18. The maximum atomic E-state index is 13.4. The Labute approximate surface area is 110 Å². The molecule has 1 heterocycles. The number of halogens is 2. The van der Waals surface area contributed by atoms with E-state index in [1.165, 1.54) is 0 Å². The molecular formula is C12H17F2N3O2. The van der Waals surface area contributed by atoms with Gasteiger partial charge in [-0.1, -0.05) is 6.92 Å². The Bertz CT molecular complexity index is 441. The van der Waals surface area contributed by atoms with Gasteiger partial charge in [0.2, 0.25) is 0 Å². The highest BCUT2D eigenvalue weighted by Crippen LogP contribution is 2.18. The molecule has 0 bridgehead atoms. The van der Waals surface area contributed by atoms with Crippen LogP contribution in [0.2, 0.25) is 0 Å². The summed E-state index contributed by atoms with van der Waals surface area (Å²) in [5, 5.41) is 5.21. The van der Waals surface area contributed by atoms with E-state index in [2.05, 4.69) is 20.4 Å². The minimum atomic E-state index is -0.858. The predicted octanol–water partition coefficient (Wildman–Crippen LogP) is 2.16. The third-order valence-corrected chi connectivity index (χ3v) is 2.18. The minimum Gasteiger partial charge on any atom is -0.465 e. The number of hydrogen-bond donors (Lipinski definition) is 2. The van der Waals surface area contributed by atoms with E-state index in [1.807, 2.05) is 6.92 Å². The van der Waals surface area contributed by atoms with Crippen molar-refractivity contribution in [2.24, 2.45) is 0 Å². The number of nitrogens with zero attached hydrogens (tertiary/aromatic N) is 1. The van der Waals surface area contributed by atoms with Crippen molar-refractivity contribution in [3.63, 3.8) is 0 Å². The summed E-state index contributed by atoms with van der Waals surface area (Å²) >= 11 is 0. The van der Waals surface area contributed by atoms with Gasteiger partial charge in [-0.05, 0) is 13.3 Å². The quantitative estimate of drug-likeness (QED) is 0.745. The topological polar surface area (TPSA) is 63.2 Å². The zero-order valence-corrected chi connectivity index (χ0v) is 10.9. The second kappa shape index (κ2) is 7.50. The molecule has 1 aromatic heterocycles. The number of esters is 1. The molecule has 0 saturated heterocycles. The zero-order valence-electron chi connectivity index (χ0n) is 10.9. The van der Waals surface area contributed by atoms with Crippen molar-refractivity contribution in [1.29, 1.82) is 0 Å². The molecule has 19 heavy (non-hydrogen) atoms. The number of aromatic nitrogens is 1. The molecular weight excluding hydrogens is 256 g/mol. The number of carbonyl (C=O) groups is 1. The van der Waals surface area contributed by atoms with Crippen LogP contribution in [0.1, 0.15) is 20.3 Å². The highest BCUT2D eigenvalue weighted by Gasteiger charge is 2.12. The van der Waals surface area contributed by atoms with Crippen LogP contribution in [0, 0.1) is 11.6 Å². The molecule has 1 aromatic rings. The van der Waals surface area contributed by atoms with Crippen molar-refractivity contribution in [1.82, 2.24) is 4.98 Å². The van der Waals surface area contributed by atoms with Crippen LogP contribution in [0.15, 0.2) is 6.07 Å². The molecule has 7 heteroatoms. The van der Waals surface area contributed by atoms with E-state index in [-0.39, 0.29) is 24.8 Å². The highest BCUT2D eigenvalue weighted by atomic mass is 19.1. The maximum Gasteiger partial charge on any atom is 0.325 e. The molecule has 0 aliphatic heterocycles. The predicted molar refractivity (Wildman–Crippen MR) is 68.1 cm³/mol. The van der Waals surface area contributed by atoms with Gasteiger partial charge in [-0.3, -0.25) is 4.79 Å². The monoisotopic (exact) mass is 273 g/mol. The summed E-state index contributed by atoms with van der Waals surface area (Å²) in [5.74, 6) is -2.39. The standard InChI is InChI=1S/C12H17F2N3O2/c1-3-5-15-11-8(13)6-9(14)12(17-11)16-7-10(18)19-4-2/h6H,3-5,7H2,1-2H3,(H2,15,16,17). The number of nitrogens with one attached hydrogen (secondary N) is 2. The second-order valence-corrected chi connectivity index (χ2v) is 3.73. The zero-order chi connectivity index (χ0) is 14.3. The van der Waals surface area contributed by atoms with Gasteiger partial charge in [0.15, 0.2) is 23.3 Å². The molecule has 0 aliphatic rings. The summed E-state index contributed by atoms with van der Waals surface area (Å²) in [6.07, 6.45) is 0.782. The molecule has 1 rings (SSSR count). The maximum absolute atomic E-state index is 13.4. The van der Waals surface area contributed by atoms with Crippen molar-refractivity contribution in [3.05, 3.63) is 17.7 Å². The van der Waals surface area contributed by atoms with Crippen molar-refractivity contribution < 1.29 is 18.3 Å². The fraction of sp³-hybridized carbons (Fsp3) is 0.500. The van der Waals surface area contributed by atoms with Crippen molar-refractivity contribution in [2.45, 2.75) is 20.3 Å². The highest BCUT2D eigenvalue weighted by molar-refractivity contribution is 5.74. The van der Waals surface area contributed by atoms with E-state index in [9.17, 15) is 13.6 Å². The van der Waals surface area contributed by atoms with Gasteiger partial charge in [0.1, 0.15) is 6.54 Å². The van der Waals surface area contributed by atoms with E-state index in [0.717, 1.165) is 12.5 Å². The molecule has 0 fully saturated rings. The Morgan fingerprint density at radius 2 is 1.89 bits per heavy atom. The summed E-state index contributed by atoms with van der Waals surface area (Å²) in [6.45, 7) is 4.11. The van der Waals surface area contributed by atoms with Crippen LogP contribution < -0.4 is 10.6 Å². The number of carbonyl (C=O) groups excluding carboxylic acids is 1. The molecule has 106 valence electrons. The molecule has 0 saturated carbocycles. The molecule has 0 amide bonds. The number of ether oxygens (including phenoxy) is 1. The average molecular weight is 273 g/mol. The first-order valence-electron chi connectivity index (χ1n) is 6.07. The van der Waals surface area contributed by atoms with Crippen molar-refractivity contribution >= 4 is 17.6 Å². The van der Waals surface area contributed by atoms with Crippen LogP contribution in [-0.4, -0.2) is 30.6 Å². The Kier molecular flexibility index (Phi) is 5.98. The Balaban J connectivity index is 2.73. The van der Waals surface area contributed by atoms with Crippen LogP contribution in [0.5, 0.6) is 0 Å². The summed E-state index contributed by atoms with van der Waals surface area (Å²) < 4.78 is 31.5. The van der Waals surface area contributed by atoms with Gasteiger partial charge in [-0.15, -0.1) is 0 Å². The largest absolute Gasteiger partial charge is 0.465 e. The van der Waals surface area contributed by atoms with Gasteiger partial charge >= 0.3 is 5.97 Å². The molecule has 0 spiro atoms. The van der Waals surface area contributed by atoms with Crippen molar-refractivity contribution in [2.75, 3.05) is 30.3 Å². The number of rotatable bonds is 7. The van der Waals surface area contributed by atoms with Crippen LogP contribution in [-0.2, 0) is 9.53 Å². The van der Waals surface area contributed by atoms with E-state index < -0.39 is 17.6 Å². The van der Waals surface area contributed by atoms with Gasteiger partial charge in [0.25, 0.3) is 0 Å². The Morgan fingerprint density at radius 1 is 1.26 bits per heavy atom. The van der Waals surface area contributed by atoms with E-state index in [0.29, 0.717) is 6.54 Å². The fourth-order valence-electron chi connectivity index (χ4n) is 1.33. The van der Waals surface area contributed by atoms with Crippen LogP contribution in [0.3, 0.4) is 0 Å². The van der Waals surface area contributed by atoms with Gasteiger partial charge in [-0.25, -0.2) is 13.8 Å². The first kappa shape index (κ1) is 15.1. The Hall–Kier alpha value is -1.92. The minimum absolute atomic E-state index is 0.0467. The third kappa shape index (κ3) is 4.69. The molecule has 0 aromatic carbocycles. The summed E-state index contributed by atoms with van der Waals surface area (Å²) in [7, 11) is 0. The first-order valence-corrected chi connectivity index (χ1v) is 6.07. The van der Waals surface area contributed by atoms with Crippen LogP contribution >= 0.6 is 0 Å². The average Bonchev–Trinajstić information content (AvgIpc) is 2.37.